The fraction of sp³-hybridized carbons (Fsp3) is 0.438. The lowest BCUT2D eigenvalue weighted by Crippen LogP contribution is -2.32. The molecule has 3 N–H and O–H groups in total. The van der Waals surface area contributed by atoms with Crippen LogP contribution >= 0.6 is 0 Å². The van der Waals surface area contributed by atoms with Gasteiger partial charge in [-0.3, -0.25) is 0 Å². The molecule has 21 heavy (non-hydrogen) atoms. The first-order valence-corrected chi connectivity index (χ1v) is 6.89. The van der Waals surface area contributed by atoms with E-state index < -0.39 is 11.7 Å². The fourth-order valence-corrected chi connectivity index (χ4v) is 1.61. The summed E-state index contributed by atoms with van der Waals surface area (Å²) in [5.74, 6) is 0.760. The Morgan fingerprint density at radius 3 is 2.71 bits per heavy atom. The van der Waals surface area contributed by atoms with Crippen LogP contribution < -0.4 is 15.8 Å². The van der Waals surface area contributed by atoms with Crippen LogP contribution in [0.4, 0.5) is 10.5 Å². The third kappa shape index (κ3) is 6.70. The highest BCUT2D eigenvalue weighted by Gasteiger charge is 2.15. The zero-order valence-electron chi connectivity index (χ0n) is 13.1. The number of hydrogen-bond donors (Lipinski definition) is 2. The molecule has 5 heteroatoms. The van der Waals surface area contributed by atoms with Gasteiger partial charge in [0.1, 0.15) is 11.4 Å². The summed E-state index contributed by atoms with van der Waals surface area (Å²) in [6.45, 7) is 6.00. The summed E-state index contributed by atoms with van der Waals surface area (Å²) in [5, 5.41) is 2.69. The number of nitrogens with two attached hydrogens (primary N) is 1. The average molecular weight is 292 g/mol. The molecular formula is C16H24N2O3. The molecule has 0 spiro atoms. The second kappa shape index (κ2) is 7.57. The van der Waals surface area contributed by atoms with Gasteiger partial charge in [0, 0.05) is 17.8 Å². The number of methoxy groups -OCH3 is 1. The minimum Gasteiger partial charge on any atom is -0.497 e. The van der Waals surface area contributed by atoms with Gasteiger partial charge in [0.15, 0.2) is 0 Å². The Kier molecular flexibility index (Phi) is 6.09. The molecule has 1 aromatic carbocycles. The molecule has 0 aliphatic heterocycles. The third-order valence-corrected chi connectivity index (χ3v) is 2.57. The lowest BCUT2D eigenvalue weighted by molar-refractivity contribution is 0.0529. The molecule has 0 saturated carbocycles. The maximum atomic E-state index is 11.4. The Morgan fingerprint density at radius 2 is 2.10 bits per heavy atom. The predicted octanol–water partition coefficient (Wildman–Crippen LogP) is 3.21. The zero-order chi connectivity index (χ0) is 15.9. The van der Waals surface area contributed by atoms with Crippen molar-refractivity contribution >= 4 is 17.9 Å². The van der Waals surface area contributed by atoms with Crippen molar-refractivity contribution in [3.8, 4) is 5.75 Å². The van der Waals surface area contributed by atoms with Gasteiger partial charge in [-0.2, -0.15) is 0 Å². The highest BCUT2D eigenvalue weighted by atomic mass is 16.6. The lowest BCUT2D eigenvalue weighted by Gasteiger charge is -2.19. The summed E-state index contributed by atoms with van der Waals surface area (Å²) in [6, 6.07) is 5.49. The number of rotatable bonds is 5. The van der Waals surface area contributed by atoms with E-state index in [-0.39, 0.29) is 0 Å². The van der Waals surface area contributed by atoms with E-state index in [1.807, 2.05) is 45.1 Å². The number of hydrogen-bond acceptors (Lipinski definition) is 4. The van der Waals surface area contributed by atoms with Gasteiger partial charge in [-0.25, -0.2) is 4.79 Å². The predicted molar refractivity (Wildman–Crippen MR) is 85.3 cm³/mol. The van der Waals surface area contributed by atoms with E-state index in [0.29, 0.717) is 18.7 Å². The molecule has 0 bridgehead atoms. The van der Waals surface area contributed by atoms with Gasteiger partial charge >= 0.3 is 6.09 Å². The Hall–Kier alpha value is -2.17. The first kappa shape index (κ1) is 16.9. The zero-order valence-corrected chi connectivity index (χ0v) is 13.1. The van der Waals surface area contributed by atoms with E-state index in [0.717, 1.165) is 11.3 Å². The molecule has 0 radical (unpaired) electrons. The van der Waals surface area contributed by atoms with Crippen molar-refractivity contribution in [3.05, 3.63) is 29.8 Å². The van der Waals surface area contributed by atoms with Gasteiger partial charge in [0.2, 0.25) is 0 Å². The molecule has 116 valence electrons. The van der Waals surface area contributed by atoms with Gasteiger partial charge in [-0.15, -0.1) is 0 Å². The van der Waals surface area contributed by atoms with E-state index in [1.165, 1.54) is 0 Å². The SMILES string of the molecule is COc1ccc(N)c(C=CCCNC(=O)OC(C)(C)C)c1. The molecule has 1 aromatic rings. The minimum absolute atomic E-state index is 0.406. The van der Waals surface area contributed by atoms with Gasteiger partial charge in [0.05, 0.1) is 7.11 Å². The maximum absolute atomic E-state index is 11.4. The summed E-state index contributed by atoms with van der Waals surface area (Å²) in [4.78, 5) is 11.4. The first-order chi connectivity index (χ1) is 9.81. The van der Waals surface area contributed by atoms with Crippen LogP contribution in [0.1, 0.15) is 32.8 Å². The molecule has 1 amide bonds. The minimum atomic E-state index is -0.477. The number of ether oxygens (including phenoxy) is 2. The quantitative estimate of drug-likeness (QED) is 0.645. The summed E-state index contributed by atoms with van der Waals surface area (Å²) in [7, 11) is 1.61. The van der Waals surface area contributed by atoms with E-state index >= 15 is 0 Å². The Labute approximate surface area is 126 Å². The molecule has 0 aromatic heterocycles. The second-order valence-electron chi connectivity index (χ2n) is 5.61. The number of benzene rings is 1. The summed E-state index contributed by atoms with van der Waals surface area (Å²) in [6.07, 6.45) is 4.14. The topological polar surface area (TPSA) is 73.6 Å². The summed E-state index contributed by atoms with van der Waals surface area (Å²) in [5.41, 5.74) is 6.98. The molecule has 0 atom stereocenters. The largest absolute Gasteiger partial charge is 0.497 e. The maximum Gasteiger partial charge on any atom is 0.407 e. The molecule has 5 nitrogen and oxygen atoms in total. The van der Waals surface area contributed by atoms with Crippen molar-refractivity contribution in [3.63, 3.8) is 0 Å². The van der Waals surface area contributed by atoms with Crippen molar-refractivity contribution in [1.82, 2.24) is 5.32 Å². The van der Waals surface area contributed by atoms with E-state index in [1.54, 1.807) is 13.2 Å². The number of nitrogens with one attached hydrogen (secondary N) is 1. The van der Waals surface area contributed by atoms with Crippen LogP contribution in [0.2, 0.25) is 0 Å². The van der Waals surface area contributed by atoms with Gasteiger partial charge in [0.25, 0.3) is 0 Å². The summed E-state index contributed by atoms with van der Waals surface area (Å²) >= 11 is 0. The Bertz CT molecular complexity index is 505. The molecule has 0 unspecified atom stereocenters. The second-order valence-corrected chi connectivity index (χ2v) is 5.61. The number of anilines is 1. The van der Waals surface area contributed by atoms with Crippen LogP contribution in [0.3, 0.4) is 0 Å². The van der Waals surface area contributed by atoms with Crippen LogP contribution in [-0.4, -0.2) is 25.3 Å². The highest BCUT2D eigenvalue weighted by Crippen LogP contribution is 2.20. The Morgan fingerprint density at radius 1 is 1.38 bits per heavy atom. The fourth-order valence-electron chi connectivity index (χ4n) is 1.61. The average Bonchev–Trinajstić information content (AvgIpc) is 2.38. The van der Waals surface area contributed by atoms with Crippen molar-refractivity contribution < 1.29 is 14.3 Å². The molecule has 0 aliphatic carbocycles. The monoisotopic (exact) mass is 292 g/mol. The summed E-state index contributed by atoms with van der Waals surface area (Å²) < 4.78 is 10.3. The van der Waals surface area contributed by atoms with Crippen LogP contribution in [0.5, 0.6) is 5.75 Å². The smallest absolute Gasteiger partial charge is 0.407 e. The van der Waals surface area contributed by atoms with Crippen molar-refractivity contribution in [2.45, 2.75) is 32.8 Å². The number of amides is 1. The van der Waals surface area contributed by atoms with E-state index in [4.69, 9.17) is 15.2 Å². The normalized spacial score (nSPS) is 11.4. The molecular weight excluding hydrogens is 268 g/mol. The van der Waals surface area contributed by atoms with Crippen LogP contribution in [0, 0.1) is 0 Å². The van der Waals surface area contributed by atoms with Gasteiger partial charge < -0.3 is 20.5 Å². The number of nitrogen functional groups attached to an aromatic ring is 1. The van der Waals surface area contributed by atoms with Crippen molar-refractivity contribution in [1.29, 1.82) is 0 Å². The molecule has 0 fully saturated rings. The van der Waals surface area contributed by atoms with Crippen LogP contribution in [0.25, 0.3) is 6.08 Å². The number of carbonyl (C=O) groups is 1. The van der Waals surface area contributed by atoms with Gasteiger partial charge in [-0.05, 0) is 45.4 Å². The Balaban J connectivity index is 2.40. The molecule has 0 heterocycles. The third-order valence-electron chi connectivity index (χ3n) is 2.57. The molecule has 0 aliphatic rings. The van der Waals surface area contributed by atoms with Crippen molar-refractivity contribution in [2.24, 2.45) is 0 Å². The van der Waals surface area contributed by atoms with Gasteiger partial charge in [-0.1, -0.05) is 12.2 Å². The first-order valence-electron chi connectivity index (χ1n) is 6.89. The van der Waals surface area contributed by atoms with Crippen LogP contribution in [0.15, 0.2) is 24.3 Å². The number of alkyl carbamates (subject to hydrolysis) is 1. The van der Waals surface area contributed by atoms with E-state index in [9.17, 15) is 4.79 Å². The highest BCUT2D eigenvalue weighted by molar-refractivity contribution is 5.68. The molecule has 0 saturated heterocycles. The van der Waals surface area contributed by atoms with Crippen molar-refractivity contribution in [2.75, 3.05) is 19.4 Å². The standard InChI is InChI=1S/C16H24N2O3/c1-16(2,3)21-15(19)18-10-6-5-7-12-11-13(20-4)8-9-14(12)17/h5,7-9,11H,6,10,17H2,1-4H3,(H,18,19). The van der Waals surface area contributed by atoms with Crippen LogP contribution in [-0.2, 0) is 4.74 Å². The lowest BCUT2D eigenvalue weighted by atomic mass is 10.1. The molecule has 1 rings (SSSR count). The van der Waals surface area contributed by atoms with E-state index in [2.05, 4.69) is 5.32 Å². The number of carbonyl (C=O) groups excluding carboxylic acids is 1.